The first-order chi connectivity index (χ1) is 13.4. The van der Waals surface area contributed by atoms with E-state index in [2.05, 4.69) is 10.7 Å². The summed E-state index contributed by atoms with van der Waals surface area (Å²) in [6.07, 6.45) is -6.93. The Balaban J connectivity index is 1.87. The van der Waals surface area contributed by atoms with Crippen LogP contribution >= 0.6 is 12.2 Å². The SMILES string of the molecule is O=C1C(NN(C(=S)Nc2ccccc2)c2ccccc2)[C@H](O)[C@@H](O)[C@H](O)[C@@H]1O. The number of nitrogens with one attached hydrogen (secondary N) is 2. The number of nitrogens with zero attached hydrogens (tertiary/aromatic N) is 1. The van der Waals surface area contributed by atoms with Gasteiger partial charge in [0.05, 0.1) is 5.69 Å². The van der Waals surface area contributed by atoms with Gasteiger partial charge in [-0.15, -0.1) is 0 Å². The topological polar surface area (TPSA) is 125 Å². The average molecular weight is 403 g/mol. The van der Waals surface area contributed by atoms with Crippen molar-refractivity contribution in [3.05, 3.63) is 60.7 Å². The quantitative estimate of drug-likeness (QED) is 0.304. The smallest absolute Gasteiger partial charge is 0.192 e. The molecule has 1 aliphatic rings. The fourth-order valence-electron chi connectivity index (χ4n) is 2.91. The predicted octanol–water partition coefficient (Wildman–Crippen LogP) is -0.211. The summed E-state index contributed by atoms with van der Waals surface area (Å²) in [7, 11) is 0. The molecule has 8 nitrogen and oxygen atoms in total. The van der Waals surface area contributed by atoms with Gasteiger partial charge >= 0.3 is 0 Å². The van der Waals surface area contributed by atoms with E-state index >= 15 is 0 Å². The number of anilines is 2. The molecule has 0 aliphatic heterocycles. The number of hydrogen-bond acceptors (Lipinski definition) is 7. The van der Waals surface area contributed by atoms with Crippen molar-refractivity contribution >= 4 is 34.5 Å². The highest BCUT2D eigenvalue weighted by molar-refractivity contribution is 7.80. The zero-order valence-electron chi connectivity index (χ0n) is 14.7. The van der Waals surface area contributed by atoms with Crippen LogP contribution in [0.5, 0.6) is 0 Å². The van der Waals surface area contributed by atoms with Crippen LogP contribution in [0.1, 0.15) is 0 Å². The molecule has 2 aromatic rings. The van der Waals surface area contributed by atoms with E-state index in [1.54, 1.807) is 42.5 Å². The molecule has 2 aromatic carbocycles. The Morgan fingerprint density at radius 2 is 1.43 bits per heavy atom. The largest absolute Gasteiger partial charge is 0.388 e. The zero-order chi connectivity index (χ0) is 20.3. The summed E-state index contributed by atoms with van der Waals surface area (Å²) in [6, 6.07) is 16.5. The van der Waals surface area contributed by atoms with Gasteiger partial charge < -0.3 is 25.7 Å². The van der Waals surface area contributed by atoms with Gasteiger partial charge in [-0.25, -0.2) is 5.43 Å². The molecular weight excluding hydrogens is 382 g/mol. The fourth-order valence-corrected chi connectivity index (χ4v) is 3.19. The number of aliphatic hydroxyl groups is 4. The first-order valence-corrected chi connectivity index (χ1v) is 9.04. The van der Waals surface area contributed by atoms with Gasteiger partial charge in [0, 0.05) is 5.69 Å². The van der Waals surface area contributed by atoms with E-state index in [-0.39, 0.29) is 5.11 Å². The van der Waals surface area contributed by atoms with Crippen LogP contribution in [0.4, 0.5) is 11.4 Å². The minimum atomic E-state index is -1.83. The zero-order valence-corrected chi connectivity index (χ0v) is 15.5. The van der Waals surface area contributed by atoms with Gasteiger partial charge in [-0.3, -0.25) is 9.80 Å². The number of carbonyl (C=O) groups is 1. The minimum absolute atomic E-state index is 0.174. The van der Waals surface area contributed by atoms with Crippen molar-refractivity contribution < 1.29 is 25.2 Å². The molecule has 5 atom stereocenters. The van der Waals surface area contributed by atoms with E-state index < -0.39 is 36.2 Å². The number of ketones is 1. The first-order valence-electron chi connectivity index (χ1n) is 8.63. The van der Waals surface area contributed by atoms with Crippen LogP contribution in [0.25, 0.3) is 0 Å². The summed E-state index contributed by atoms with van der Waals surface area (Å²) >= 11 is 5.45. The third-order valence-electron chi connectivity index (χ3n) is 4.47. The van der Waals surface area contributed by atoms with Crippen molar-refractivity contribution in [1.82, 2.24) is 5.43 Å². The van der Waals surface area contributed by atoms with E-state index in [0.29, 0.717) is 11.4 Å². The van der Waals surface area contributed by atoms with E-state index in [1.807, 2.05) is 18.2 Å². The third kappa shape index (κ3) is 4.20. The van der Waals surface area contributed by atoms with E-state index in [4.69, 9.17) is 12.2 Å². The number of hydrazine groups is 1. The summed E-state index contributed by atoms with van der Waals surface area (Å²) in [5.41, 5.74) is 4.04. The monoisotopic (exact) mass is 403 g/mol. The van der Waals surface area contributed by atoms with Crippen LogP contribution in [-0.4, -0.2) is 61.8 Å². The standard InChI is InChI=1S/C19H21N3O5S/c23-14-13(15(24)17(26)18(27)16(14)25)21-22(12-9-5-2-6-10-12)19(28)20-11-7-3-1-4-8-11/h1-10,13-14,16-18,21,23,25-27H,(H,20,28)/t13?,14-,16+,17+,18-/m0/s1. The molecule has 1 unspecified atom stereocenters. The molecule has 6 N–H and O–H groups in total. The summed E-state index contributed by atoms with van der Waals surface area (Å²) in [5.74, 6) is -0.853. The summed E-state index contributed by atoms with van der Waals surface area (Å²) < 4.78 is 0. The van der Waals surface area contributed by atoms with Crippen molar-refractivity contribution in [2.45, 2.75) is 30.5 Å². The van der Waals surface area contributed by atoms with Crippen LogP contribution in [-0.2, 0) is 4.79 Å². The molecule has 28 heavy (non-hydrogen) atoms. The number of Topliss-reactive ketones (excluding diaryl/α,β-unsaturated/α-hetero) is 1. The maximum Gasteiger partial charge on any atom is 0.192 e. The van der Waals surface area contributed by atoms with Crippen LogP contribution in [0.2, 0.25) is 0 Å². The summed E-state index contributed by atoms with van der Waals surface area (Å²) in [6.45, 7) is 0. The van der Waals surface area contributed by atoms with Crippen molar-refractivity contribution in [3.63, 3.8) is 0 Å². The second-order valence-corrected chi connectivity index (χ2v) is 6.78. The lowest BCUT2D eigenvalue weighted by Crippen LogP contribution is -2.68. The minimum Gasteiger partial charge on any atom is -0.388 e. The Kier molecular flexibility index (Phi) is 6.35. The highest BCUT2D eigenvalue weighted by atomic mass is 32.1. The van der Waals surface area contributed by atoms with E-state index in [9.17, 15) is 25.2 Å². The number of aliphatic hydroxyl groups excluding tert-OH is 4. The molecule has 1 fully saturated rings. The normalized spacial score (nSPS) is 27.3. The maximum absolute atomic E-state index is 12.4. The van der Waals surface area contributed by atoms with Crippen LogP contribution < -0.4 is 15.8 Å². The lowest BCUT2D eigenvalue weighted by molar-refractivity contribution is -0.168. The molecule has 0 saturated heterocycles. The van der Waals surface area contributed by atoms with Crippen molar-refractivity contribution in [1.29, 1.82) is 0 Å². The second kappa shape index (κ2) is 8.74. The molecule has 1 aliphatic carbocycles. The Morgan fingerprint density at radius 1 is 0.857 bits per heavy atom. The number of carbonyl (C=O) groups excluding carboxylic acids is 1. The van der Waals surface area contributed by atoms with Crippen LogP contribution in [0.15, 0.2) is 60.7 Å². The number of rotatable bonds is 4. The lowest BCUT2D eigenvalue weighted by atomic mass is 9.85. The predicted molar refractivity (Wildman–Crippen MR) is 108 cm³/mol. The molecule has 1 saturated carbocycles. The van der Waals surface area contributed by atoms with Crippen LogP contribution in [0, 0.1) is 0 Å². The molecule has 0 spiro atoms. The molecule has 0 bridgehead atoms. The van der Waals surface area contributed by atoms with Crippen molar-refractivity contribution in [3.8, 4) is 0 Å². The van der Waals surface area contributed by atoms with Gasteiger partial charge in [0.25, 0.3) is 0 Å². The Bertz CT molecular complexity index is 823. The highest BCUT2D eigenvalue weighted by Crippen LogP contribution is 2.21. The summed E-state index contributed by atoms with van der Waals surface area (Å²) in [5, 5.41) is 44.4. The molecule has 0 radical (unpaired) electrons. The second-order valence-electron chi connectivity index (χ2n) is 6.39. The van der Waals surface area contributed by atoms with Gasteiger partial charge in [-0.2, -0.15) is 0 Å². The Hall–Kier alpha value is -2.40. The molecule has 0 amide bonds. The Labute approximate surface area is 167 Å². The number of para-hydroxylation sites is 2. The van der Waals surface area contributed by atoms with Crippen molar-refractivity contribution in [2.75, 3.05) is 10.3 Å². The van der Waals surface area contributed by atoms with Gasteiger partial charge in [-0.1, -0.05) is 36.4 Å². The number of thiocarbonyl (C=S) groups is 1. The highest BCUT2D eigenvalue weighted by Gasteiger charge is 2.48. The molecule has 148 valence electrons. The molecule has 3 rings (SSSR count). The van der Waals surface area contributed by atoms with Crippen molar-refractivity contribution in [2.24, 2.45) is 0 Å². The fraction of sp³-hybridized carbons (Fsp3) is 0.263. The van der Waals surface area contributed by atoms with Gasteiger partial charge in [-0.05, 0) is 36.5 Å². The van der Waals surface area contributed by atoms with Gasteiger partial charge in [0.15, 0.2) is 10.9 Å². The number of hydrogen-bond donors (Lipinski definition) is 6. The van der Waals surface area contributed by atoms with E-state index in [0.717, 1.165) is 0 Å². The third-order valence-corrected chi connectivity index (χ3v) is 4.76. The molecule has 0 aromatic heterocycles. The summed E-state index contributed by atoms with van der Waals surface area (Å²) in [4.78, 5) is 12.4. The van der Waals surface area contributed by atoms with Crippen LogP contribution in [0.3, 0.4) is 0 Å². The molecular formula is C19H21N3O5S. The molecule has 9 heteroatoms. The lowest BCUT2D eigenvalue weighted by Gasteiger charge is -2.40. The molecule has 0 heterocycles. The maximum atomic E-state index is 12.4. The first kappa shape index (κ1) is 20.3. The number of benzene rings is 2. The van der Waals surface area contributed by atoms with Gasteiger partial charge in [0.2, 0.25) is 0 Å². The Morgan fingerprint density at radius 3 is 2.04 bits per heavy atom. The van der Waals surface area contributed by atoms with E-state index in [1.165, 1.54) is 5.01 Å². The van der Waals surface area contributed by atoms with Gasteiger partial charge in [0.1, 0.15) is 30.5 Å². The average Bonchev–Trinajstić information content (AvgIpc) is 2.72.